The summed E-state index contributed by atoms with van der Waals surface area (Å²) in [5, 5.41) is 3.14. The first kappa shape index (κ1) is 12.8. The van der Waals surface area contributed by atoms with Crippen molar-refractivity contribution < 1.29 is 9.13 Å². The summed E-state index contributed by atoms with van der Waals surface area (Å²) in [6.45, 7) is 2.78. The van der Waals surface area contributed by atoms with Gasteiger partial charge in [0.05, 0.1) is 7.11 Å². The molecule has 4 heteroatoms. The van der Waals surface area contributed by atoms with Crippen molar-refractivity contribution in [1.29, 1.82) is 0 Å². The van der Waals surface area contributed by atoms with Crippen LogP contribution < -0.4 is 15.8 Å². The van der Waals surface area contributed by atoms with Crippen LogP contribution in [0.1, 0.15) is 19.8 Å². The third-order valence-corrected chi connectivity index (χ3v) is 2.32. The van der Waals surface area contributed by atoms with Crippen LogP contribution in [-0.2, 0) is 0 Å². The first-order valence-corrected chi connectivity index (χ1v) is 5.46. The Labute approximate surface area is 95.8 Å². The van der Waals surface area contributed by atoms with Crippen LogP contribution >= 0.6 is 0 Å². The molecule has 1 aromatic carbocycles. The van der Waals surface area contributed by atoms with E-state index in [4.69, 9.17) is 10.5 Å². The molecule has 1 unspecified atom stereocenters. The van der Waals surface area contributed by atoms with E-state index < -0.39 is 0 Å². The van der Waals surface area contributed by atoms with Gasteiger partial charge in [0.25, 0.3) is 0 Å². The first-order chi connectivity index (χ1) is 7.63. The number of methoxy groups -OCH3 is 1. The number of ether oxygens (including phenoxy) is 1. The van der Waals surface area contributed by atoms with Crippen molar-refractivity contribution in [2.75, 3.05) is 19.0 Å². The molecule has 1 rings (SSSR count). The minimum absolute atomic E-state index is 0.217. The number of anilines is 1. The highest BCUT2D eigenvalue weighted by atomic mass is 19.1. The van der Waals surface area contributed by atoms with E-state index in [0.29, 0.717) is 0 Å². The molecule has 1 atom stereocenters. The zero-order valence-corrected chi connectivity index (χ0v) is 9.79. The number of nitrogens with one attached hydrogen (secondary N) is 1. The van der Waals surface area contributed by atoms with Crippen LogP contribution in [-0.4, -0.2) is 19.7 Å². The summed E-state index contributed by atoms with van der Waals surface area (Å²) in [4.78, 5) is 0. The molecule has 0 fully saturated rings. The third-order valence-electron chi connectivity index (χ3n) is 2.32. The van der Waals surface area contributed by atoms with Crippen LogP contribution in [0, 0.1) is 5.82 Å². The summed E-state index contributed by atoms with van der Waals surface area (Å²) < 4.78 is 18.1. The van der Waals surface area contributed by atoms with E-state index >= 15 is 0 Å². The molecule has 1 aromatic rings. The molecule has 0 aliphatic heterocycles. The van der Waals surface area contributed by atoms with Crippen LogP contribution in [0.15, 0.2) is 18.2 Å². The molecule has 3 nitrogen and oxygen atoms in total. The molecular weight excluding hydrogens is 207 g/mol. The van der Waals surface area contributed by atoms with E-state index in [2.05, 4.69) is 5.32 Å². The molecule has 0 aliphatic carbocycles. The van der Waals surface area contributed by atoms with Gasteiger partial charge in [-0.15, -0.1) is 0 Å². The van der Waals surface area contributed by atoms with Crippen LogP contribution in [0.2, 0.25) is 0 Å². The standard InChI is InChI=1S/C12H19FN2O/c1-9(14)4-3-7-15-10-5-6-12(16-2)11(13)8-10/h5-6,8-9,15H,3-4,7,14H2,1-2H3. The maximum Gasteiger partial charge on any atom is 0.167 e. The number of hydrogen-bond acceptors (Lipinski definition) is 3. The van der Waals surface area contributed by atoms with Crippen LogP contribution in [0.5, 0.6) is 5.75 Å². The summed E-state index contributed by atoms with van der Waals surface area (Å²) in [5.74, 6) is -0.0826. The molecule has 3 N–H and O–H groups in total. The van der Waals surface area contributed by atoms with E-state index in [1.807, 2.05) is 6.92 Å². The van der Waals surface area contributed by atoms with E-state index in [-0.39, 0.29) is 17.6 Å². The van der Waals surface area contributed by atoms with Crippen molar-refractivity contribution in [1.82, 2.24) is 0 Å². The molecule has 0 bridgehead atoms. The monoisotopic (exact) mass is 226 g/mol. The predicted molar refractivity (Wildman–Crippen MR) is 64.3 cm³/mol. The Morgan fingerprint density at radius 3 is 2.81 bits per heavy atom. The normalized spacial score (nSPS) is 12.2. The topological polar surface area (TPSA) is 47.3 Å². The van der Waals surface area contributed by atoms with Gasteiger partial charge in [-0.1, -0.05) is 0 Å². The zero-order chi connectivity index (χ0) is 12.0. The molecule has 0 amide bonds. The second kappa shape index (κ2) is 6.33. The Morgan fingerprint density at radius 2 is 2.25 bits per heavy atom. The Balaban J connectivity index is 2.40. The summed E-state index contributed by atoms with van der Waals surface area (Å²) in [7, 11) is 1.45. The van der Waals surface area contributed by atoms with Gasteiger partial charge >= 0.3 is 0 Å². The fraction of sp³-hybridized carbons (Fsp3) is 0.500. The van der Waals surface area contributed by atoms with Crippen molar-refractivity contribution >= 4 is 5.69 Å². The molecule has 0 spiro atoms. The lowest BCUT2D eigenvalue weighted by molar-refractivity contribution is 0.386. The second-order valence-electron chi connectivity index (χ2n) is 3.90. The number of hydrogen-bond donors (Lipinski definition) is 2. The van der Waals surface area contributed by atoms with E-state index in [9.17, 15) is 4.39 Å². The second-order valence-corrected chi connectivity index (χ2v) is 3.90. The SMILES string of the molecule is COc1ccc(NCCCC(C)N)cc1F. The molecule has 0 aliphatic rings. The van der Waals surface area contributed by atoms with Gasteiger partial charge in [0.1, 0.15) is 0 Å². The zero-order valence-electron chi connectivity index (χ0n) is 9.79. The van der Waals surface area contributed by atoms with E-state index in [1.54, 1.807) is 12.1 Å². The lowest BCUT2D eigenvalue weighted by Crippen LogP contribution is -2.16. The summed E-state index contributed by atoms with van der Waals surface area (Å²) in [6, 6.07) is 5.07. The molecule has 0 saturated heterocycles. The highest BCUT2D eigenvalue weighted by Gasteiger charge is 2.02. The van der Waals surface area contributed by atoms with Gasteiger partial charge in [-0.3, -0.25) is 0 Å². The fourth-order valence-corrected chi connectivity index (χ4v) is 1.43. The number of rotatable bonds is 6. The van der Waals surface area contributed by atoms with Crippen molar-refractivity contribution in [2.24, 2.45) is 5.73 Å². The highest BCUT2D eigenvalue weighted by molar-refractivity contribution is 5.47. The average molecular weight is 226 g/mol. The van der Waals surface area contributed by atoms with Crippen molar-refractivity contribution in [2.45, 2.75) is 25.8 Å². The van der Waals surface area contributed by atoms with Crippen LogP contribution in [0.4, 0.5) is 10.1 Å². The number of halogens is 1. The van der Waals surface area contributed by atoms with E-state index in [1.165, 1.54) is 13.2 Å². The first-order valence-electron chi connectivity index (χ1n) is 5.46. The third kappa shape index (κ3) is 4.06. The fourth-order valence-electron chi connectivity index (χ4n) is 1.43. The maximum absolute atomic E-state index is 13.3. The van der Waals surface area contributed by atoms with Gasteiger partial charge in [0.15, 0.2) is 11.6 Å². The van der Waals surface area contributed by atoms with Crippen LogP contribution in [0.25, 0.3) is 0 Å². The Morgan fingerprint density at radius 1 is 1.50 bits per heavy atom. The van der Waals surface area contributed by atoms with Gasteiger partial charge in [0.2, 0.25) is 0 Å². The molecule has 0 saturated carbocycles. The lowest BCUT2D eigenvalue weighted by atomic mass is 10.2. The quantitative estimate of drug-likeness (QED) is 0.732. The highest BCUT2D eigenvalue weighted by Crippen LogP contribution is 2.20. The summed E-state index contributed by atoms with van der Waals surface area (Å²) in [6.07, 6.45) is 1.94. The maximum atomic E-state index is 13.3. The number of benzene rings is 1. The molecular formula is C12H19FN2O. The van der Waals surface area contributed by atoms with Gasteiger partial charge in [0, 0.05) is 24.3 Å². The smallest absolute Gasteiger partial charge is 0.167 e. The van der Waals surface area contributed by atoms with E-state index in [0.717, 1.165) is 25.1 Å². The van der Waals surface area contributed by atoms with Gasteiger partial charge < -0.3 is 15.8 Å². The molecule has 16 heavy (non-hydrogen) atoms. The molecule has 0 heterocycles. The summed E-state index contributed by atoms with van der Waals surface area (Å²) >= 11 is 0. The van der Waals surface area contributed by atoms with Gasteiger partial charge in [-0.2, -0.15) is 0 Å². The summed E-state index contributed by atoms with van der Waals surface area (Å²) in [5.41, 5.74) is 6.40. The van der Waals surface area contributed by atoms with Crippen molar-refractivity contribution in [3.05, 3.63) is 24.0 Å². The molecule has 0 radical (unpaired) electrons. The number of nitrogens with two attached hydrogens (primary N) is 1. The van der Waals surface area contributed by atoms with Gasteiger partial charge in [-0.25, -0.2) is 4.39 Å². The molecule has 90 valence electrons. The van der Waals surface area contributed by atoms with Crippen molar-refractivity contribution in [3.63, 3.8) is 0 Å². The van der Waals surface area contributed by atoms with Crippen molar-refractivity contribution in [3.8, 4) is 5.75 Å². The minimum Gasteiger partial charge on any atom is -0.494 e. The van der Waals surface area contributed by atoms with Crippen LogP contribution in [0.3, 0.4) is 0 Å². The largest absolute Gasteiger partial charge is 0.494 e. The molecule has 0 aromatic heterocycles. The Bertz CT molecular complexity index is 329. The minimum atomic E-state index is -0.348. The Kier molecular flexibility index (Phi) is 5.05. The van der Waals surface area contributed by atoms with Gasteiger partial charge in [-0.05, 0) is 31.9 Å². The Hall–Kier alpha value is -1.29. The lowest BCUT2D eigenvalue weighted by Gasteiger charge is -2.09. The average Bonchev–Trinajstić information content (AvgIpc) is 2.24. The predicted octanol–water partition coefficient (Wildman–Crippen LogP) is 2.37.